The summed E-state index contributed by atoms with van der Waals surface area (Å²) in [6, 6.07) is -0.208. The fourth-order valence-electron chi connectivity index (χ4n) is 1.20. The maximum absolute atomic E-state index is 11.2. The molecule has 0 bridgehead atoms. The number of nitrogens with two attached hydrogens (primary N) is 1. The highest BCUT2D eigenvalue weighted by molar-refractivity contribution is 7.91. The Hall–Kier alpha value is -0.170. The first kappa shape index (κ1) is 13.8. The van der Waals surface area contributed by atoms with Gasteiger partial charge in [0.15, 0.2) is 9.84 Å². The largest absolute Gasteiger partial charge is 0.385 e. The van der Waals surface area contributed by atoms with Gasteiger partial charge in [-0.1, -0.05) is 0 Å². The van der Waals surface area contributed by atoms with Gasteiger partial charge in [0.2, 0.25) is 0 Å². The van der Waals surface area contributed by atoms with E-state index in [9.17, 15) is 8.42 Å². The minimum atomic E-state index is -3.03. The molecular weight excluding hydrogens is 204 g/mol. The number of hydrogen-bond acceptors (Lipinski definition) is 5. The molecule has 0 radical (unpaired) electrons. The van der Waals surface area contributed by atoms with Gasteiger partial charge in [0.1, 0.15) is 0 Å². The van der Waals surface area contributed by atoms with Crippen molar-refractivity contribution < 1.29 is 13.2 Å². The van der Waals surface area contributed by atoms with E-state index in [0.29, 0.717) is 13.0 Å². The zero-order valence-electron chi connectivity index (χ0n) is 8.99. The van der Waals surface area contributed by atoms with Crippen molar-refractivity contribution in [2.24, 2.45) is 5.84 Å². The van der Waals surface area contributed by atoms with Gasteiger partial charge in [-0.3, -0.25) is 11.3 Å². The van der Waals surface area contributed by atoms with Crippen molar-refractivity contribution in [2.75, 3.05) is 20.0 Å². The minimum Gasteiger partial charge on any atom is -0.385 e. The smallest absolute Gasteiger partial charge is 0.151 e. The van der Waals surface area contributed by atoms with E-state index in [1.165, 1.54) is 6.26 Å². The molecule has 0 aliphatic heterocycles. The molecule has 2 unspecified atom stereocenters. The van der Waals surface area contributed by atoms with E-state index in [-0.39, 0.29) is 6.04 Å². The van der Waals surface area contributed by atoms with Crippen LogP contribution in [-0.2, 0) is 14.6 Å². The molecule has 0 saturated carbocycles. The maximum atomic E-state index is 11.2. The normalized spacial score (nSPS) is 16.6. The van der Waals surface area contributed by atoms with E-state index in [1.807, 2.05) is 0 Å². The van der Waals surface area contributed by atoms with Gasteiger partial charge in [0.05, 0.1) is 5.25 Å². The van der Waals surface area contributed by atoms with Gasteiger partial charge < -0.3 is 4.74 Å². The molecule has 14 heavy (non-hydrogen) atoms. The molecule has 0 aliphatic carbocycles. The number of sulfone groups is 1. The van der Waals surface area contributed by atoms with Crippen molar-refractivity contribution in [3.8, 4) is 0 Å². The summed E-state index contributed by atoms with van der Waals surface area (Å²) in [5.74, 6) is 5.30. The predicted molar refractivity (Wildman–Crippen MR) is 56.5 cm³/mol. The van der Waals surface area contributed by atoms with Gasteiger partial charge in [0.25, 0.3) is 0 Å². The first-order chi connectivity index (χ1) is 6.43. The number of rotatable bonds is 7. The van der Waals surface area contributed by atoms with E-state index < -0.39 is 15.1 Å². The van der Waals surface area contributed by atoms with Crippen molar-refractivity contribution >= 4 is 9.84 Å². The number of hydrazine groups is 1. The molecule has 6 heteroatoms. The predicted octanol–water partition coefficient (Wildman–Crippen LogP) is -0.322. The molecule has 0 aromatic rings. The Morgan fingerprint density at radius 1 is 1.50 bits per heavy atom. The third-order valence-electron chi connectivity index (χ3n) is 2.32. The Morgan fingerprint density at radius 2 is 2.07 bits per heavy atom. The van der Waals surface area contributed by atoms with E-state index in [4.69, 9.17) is 10.6 Å². The van der Waals surface area contributed by atoms with Crippen LogP contribution in [0.3, 0.4) is 0 Å². The third kappa shape index (κ3) is 4.90. The van der Waals surface area contributed by atoms with Gasteiger partial charge in [-0.05, 0) is 19.8 Å². The summed E-state index contributed by atoms with van der Waals surface area (Å²) in [4.78, 5) is 0. The van der Waals surface area contributed by atoms with Gasteiger partial charge in [-0.15, -0.1) is 0 Å². The van der Waals surface area contributed by atoms with Gasteiger partial charge in [-0.2, -0.15) is 0 Å². The number of ether oxygens (including phenoxy) is 1. The first-order valence-corrected chi connectivity index (χ1v) is 6.53. The Labute approximate surface area is 85.9 Å². The Bertz CT molecular complexity index is 241. The molecule has 0 fully saturated rings. The van der Waals surface area contributed by atoms with Gasteiger partial charge in [-0.25, -0.2) is 8.42 Å². The van der Waals surface area contributed by atoms with Crippen molar-refractivity contribution in [2.45, 2.75) is 31.1 Å². The fourth-order valence-corrected chi connectivity index (χ4v) is 2.01. The van der Waals surface area contributed by atoms with Crippen molar-refractivity contribution in [1.82, 2.24) is 5.43 Å². The van der Waals surface area contributed by atoms with E-state index >= 15 is 0 Å². The molecule has 86 valence electrons. The SMILES string of the molecule is COCCCC(NN)C(C)S(C)(=O)=O. The summed E-state index contributed by atoms with van der Waals surface area (Å²) in [6.45, 7) is 2.28. The topological polar surface area (TPSA) is 81.4 Å². The van der Waals surface area contributed by atoms with Crippen molar-refractivity contribution in [3.63, 3.8) is 0 Å². The van der Waals surface area contributed by atoms with Crippen molar-refractivity contribution in [3.05, 3.63) is 0 Å². The summed E-state index contributed by atoms with van der Waals surface area (Å²) in [5, 5.41) is -0.468. The summed E-state index contributed by atoms with van der Waals surface area (Å²) >= 11 is 0. The number of hydrogen-bond donors (Lipinski definition) is 2. The lowest BCUT2D eigenvalue weighted by atomic mass is 10.1. The summed E-state index contributed by atoms with van der Waals surface area (Å²) in [6.07, 6.45) is 2.71. The lowest BCUT2D eigenvalue weighted by Crippen LogP contribution is -2.45. The molecule has 0 spiro atoms. The molecular formula is C8H20N2O3S. The van der Waals surface area contributed by atoms with Crippen LogP contribution in [0, 0.1) is 0 Å². The Morgan fingerprint density at radius 3 is 2.43 bits per heavy atom. The molecule has 0 heterocycles. The highest BCUT2D eigenvalue weighted by Gasteiger charge is 2.24. The molecule has 0 aromatic carbocycles. The third-order valence-corrected chi connectivity index (χ3v) is 4.00. The van der Waals surface area contributed by atoms with E-state index in [2.05, 4.69) is 5.43 Å². The highest BCUT2D eigenvalue weighted by atomic mass is 32.2. The summed E-state index contributed by atoms with van der Waals surface area (Å²) < 4.78 is 27.4. The van der Waals surface area contributed by atoms with Crippen LogP contribution in [0.15, 0.2) is 0 Å². The van der Waals surface area contributed by atoms with E-state index in [1.54, 1.807) is 14.0 Å². The quantitative estimate of drug-likeness (QED) is 0.352. The van der Waals surface area contributed by atoms with Crippen LogP contribution in [0.5, 0.6) is 0 Å². The lowest BCUT2D eigenvalue weighted by molar-refractivity contribution is 0.188. The molecule has 0 saturated heterocycles. The van der Waals surface area contributed by atoms with Crippen molar-refractivity contribution in [1.29, 1.82) is 0 Å². The second kappa shape index (κ2) is 6.34. The van der Waals surface area contributed by atoms with Crippen LogP contribution in [0.4, 0.5) is 0 Å². The monoisotopic (exact) mass is 224 g/mol. The molecule has 2 atom stereocenters. The van der Waals surface area contributed by atoms with Crippen LogP contribution in [0.2, 0.25) is 0 Å². The zero-order valence-corrected chi connectivity index (χ0v) is 9.80. The molecule has 5 nitrogen and oxygen atoms in total. The zero-order chi connectivity index (χ0) is 11.2. The summed E-state index contributed by atoms with van der Waals surface area (Å²) in [7, 11) is -1.42. The second-order valence-corrected chi connectivity index (χ2v) is 5.85. The average molecular weight is 224 g/mol. The molecule has 0 aromatic heterocycles. The number of methoxy groups -OCH3 is 1. The van der Waals surface area contributed by atoms with Crippen LogP contribution < -0.4 is 11.3 Å². The van der Waals surface area contributed by atoms with Crippen LogP contribution in [-0.4, -0.2) is 39.7 Å². The lowest BCUT2D eigenvalue weighted by Gasteiger charge is -2.21. The fraction of sp³-hybridized carbons (Fsp3) is 1.00. The van der Waals surface area contributed by atoms with Gasteiger partial charge in [0, 0.05) is 26.0 Å². The molecule has 3 N–H and O–H groups in total. The first-order valence-electron chi connectivity index (χ1n) is 4.57. The maximum Gasteiger partial charge on any atom is 0.151 e. The van der Waals surface area contributed by atoms with E-state index in [0.717, 1.165) is 6.42 Å². The van der Waals surface area contributed by atoms with Crippen LogP contribution >= 0.6 is 0 Å². The Balaban J connectivity index is 4.13. The van der Waals surface area contributed by atoms with Crippen LogP contribution in [0.1, 0.15) is 19.8 Å². The van der Waals surface area contributed by atoms with Crippen LogP contribution in [0.25, 0.3) is 0 Å². The minimum absolute atomic E-state index is 0.208. The molecule has 0 aliphatic rings. The van der Waals surface area contributed by atoms with Gasteiger partial charge >= 0.3 is 0 Å². The number of nitrogens with one attached hydrogen (secondary N) is 1. The molecule has 0 rings (SSSR count). The molecule has 0 amide bonds. The Kier molecular flexibility index (Phi) is 6.26. The highest BCUT2D eigenvalue weighted by Crippen LogP contribution is 2.09. The summed E-state index contributed by atoms with van der Waals surface area (Å²) in [5.41, 5.74) is 2.53. The standard InChI is InChI=1S/C8H20N2O3S/c1-7(14(3,11)12)8(10-9)5-4-6-13-2/h7-8,10H,4-6,9H2,1-3H3. The second-order valence-electron chi connectivity index (χ2n) is 3.44. The average Bonchev–Trinajstić information content (AvgIpc) is 2.10.